The van der Waals surface area contributed by atoms with Gasteiger partial charge in [-0.1, -0.05) is 13.8 Å². The lowest BCUT2D eigenvalue weighted by Crippen LogP contribution is -2.08. The molecule has 0 aliphatic carbocycles. The van der Waals surface area contributed by atoms with Gasteiger partial charge in [0, 0.05) is 17.6 Å². The van der Waals surface area contributed by atoms with Crippen LogP contribution in [0, 0.1) is 6.92 Å². The minimum absolute atomic E-state index is 0.395. The molecule has 0 spiro atoms. The van der Waals surface area contributed by atoms with Crippen molar-refractivity contribution < 1.29 is 0 Å². The lowest BCUT2D eigenvalue weighted by molar-refractivity contribution is 0.807. The highest BCUT2D eigenvalue weighted by Crippen LogP contribution is 2.14. The molecule has 1 N–H and O–H groups in total. The van der Waals surface area contributed by atoms with Gasteiger partial charge in [-0.2, -0.15) is 0 Å². The Balaban J connectivity index is 2.10. The fourth-order valence-corrected chi connectivity index (χ4v) is 1.56. The highest BCUT2D eigenvalue weighted by Gasteiger charge is 2.05. The van der Waals surface area contributed by atoms with Gasteiger partial charge in [-0.25, -0.2) is 19.9 Å². The van der Waals surface area contributed by atoms with E-state index < -0.39 is 0 Å². The zero-order valence-corrected chi connectivity index (χ0v) is 10.9. The lowest BCUT2D eigenvalue weighted by Gasteiger charge is -2.09. The van der Waals surface area contributed by atoms with Crippen molar-refractivity contribution in [3.63, 3.8) is 0 Å². The molecule has 5 heteroatoms. The Hall–Kier alpha value is -2.04. The number of nitrogens with zero attached hydrogens (tertiary/aromatic N) is 4. The fraction of sp³-hybridized carbons (Fsp3) is 0.385. The fourth-order valence-electron chi connectivity index (χ4n) is 1.56. The second kappa shape index (κ2) is 5.53. The third kappa shape index (κ3) is 3.23. The summed E-state index contributed by atoms with van der Waals surface area (Å²) in [5.74, 6) is 1.05. The van der Waals surface area contributed by atoms with Crippen LogP contribution in [0.1, 0.15) is 36.8 Å². The Labute approximate surface area is 107 Å². The largest absolute Gasteiger partial charge is 0.349 e. The lowest BCUT2D eigenvalue weighted by atomic mass is 10.1. The van der Waals surface area contributed by atoms with Crippen LogP contribution in [-0.4, -0.2) is 19.9 Å². The average Bonchev–Trinajstić information content (AvgIpc) is 2.37. The Bertz CT molecular complexity index is 510. The maximum atomic E-state index is 4.48. The van der Waals surface area contributed by atoms with Crippen LogP contribution >= 0.6 is 0 Å². The van der Waals surface area contributed by atoms with Gasteiger partial charge in [0.1, 0.15) is 6.33 Å². The third-order valence-electron chi connectivity index (χ3n) is 2.54. The number of nitrogens with one attached hydrogen (secondary N) is 1. The second-order valence-corrected chi connectivity index (χ2v) is 4.47. The first-order valence-electron chi connectivity index (χ1n) is 5.99. The number of aryl methyl sites for hydroxylation is 1. The smallest absolute Gasteiger partial charge is 0.223 e. The van der Waals surface area contributed by atoms with Crippen molar-refractivity contribution in [2.75, 3.05) is 5.32 Å². The quantitative estimate of drug-likeness (QED) is 0.892. The van der Waals surface area contributed by atoms with Gasteiger partial charge < -0.3 is 5.32 Å². The van der Waals surface area contributed by atoms with Crippen LogP contribution < -0.4 is 5.32 Å². The van der Waals surface area contributed by atoms with Gasteiger partial charge in [0.05, 0.1) is 12.2 Å². The summed E-state index contributed by atoms with van der Waals surface area (Å²) >= 11 is 0. The molecule has 18 heavy (non-hydrogen) atoms. The third-order valence-corrected chi connectivity index (χ3v) is 2.54. The molecule has 2 heterocycles. The zero-order valence-electron chi connectivity index (χ0n) is 10.9. The maximum Gasteiger partial charge on any atom is 0.223 e. The summed E-state index contributed by atoms with van der Waals surface area (Å²) in [7, 11) is 0. The molecular weight excluding hydrogens is 226 g/mol. The Morgan fingerprint density at radius 1 is 1.28 bits per heavy atom. The molecule has 0 bridgehead atoms. The molecule has 94 valence electrons. The first-order valence-corrected chi connectivity index (χ1v) is 5.99. The molecule has 0 amide bonds. The number of aromatic nitrogens is 4. The van der Waals surface area contributed by atoms with Crippen molar-refractivity contribution in [3.8, 4) is 0 Å². The van der Waals surface area contributed by atoms with Gasteiger partial charge in [-0.05, 0) is 25.0 Å². The predicted octanol–water partition coefficient (Wildman–Crippen LogP) is 2.31. The molecule has 0 aliphatic heterocycles. The van der Waals surface area contributed by atoms with E-state index in [0.717, 1.165) is 17.1 Å². The summed E-state index contributed by atoms with van der Waals surface area (Å²) < 4.78 is 0. The summed E-state index contributed by atoms with van der Waals surface area (Å²) in [6, 6.07) is 3.88. The molecular formula is C13H17N5. The monoisotopic (exact) mass is 243 g/mol. The van der Waals surface area contributed by atoms with Gasteiger partial charge in [0.25, 0.3) is 0 Å². The van der Waals surface area contributed by atoms with E-state index in [9.17, 15) is 0 Å². The molecule has 0 atom stereocenters. The predicted molar refractivity (Wildman–Crippen MR) is 70.2 cm³/mol. The highest BCUT2D eigenvalue weighted by atomic mass is 15.1. The van der Waals surface area contributed by atoms with Crippen LogP contribution in [0.15, 0.2) is 24.7 Å². The van der Waals surface area contributed by atoms with Crippen molar-refractivity contribution in [3.05, 3.63) is 41.7 Å². The Morgan fingerprint density at radius 3 is 2.78 bits per heavy atom. The molecule has 0 radical (unpaired) electrons. The van der Waals surface area contributed by atoms with E-state index in [-0.39, 0.29) is 0 Å². The van der Waals surface area contributed by atoms with Crippen molar-refractivity contribution in [2.24, 2.45) is 0 Å². The molecule has 0 aromatic carbocycles. The Kier molecular flexibility index (Phi) is 3.82. The molecule has 2 aromatic heterocycles. The van der Waals surface area contributed by atoms with E-state index in [1.54, 1.807) is 6.20 Å². The van der Waals surface area contributed by atoms with Crippen LogP contribution in [0.3, 0.4) is 0 Å². The summed E-state index contributed by atoms with van der Waals surface area (Å²) in [5, 5.41) is 3.18. The van der Waals surface area contributed by atoms with E-state index in [1.807, 2.05) is 19.1 Å². The SMILES string of the molecule is Cc1cc(C(C)C)nc(NCc2ccncn2)n1. The molecule has 0 fully saturated rings. The van der Waals surface area contributed by atoms with Crippen LogP contribution in [0.2, 0.25) is 0 Å². The zero-order chi connectivity index (χ0) is 13.0. The van der Waals surface area contributed by atoms with Crippen molar-refractivity contribution in [1.82, 2.24) is 19.9 Å². The second-order valence-electron chi connectivity index (χ2n) is 4.47. The Morgan fingerprint density at radius 2 is 2.11 bits per heavy atom. The molecule has 0 saturated carbocycles. The average molecular weight is 243 g/mol. The van der Waals surface area contributed by atoms with Gasteiger partial charge in [-0.3, -0.25) is 0 Å². The van der Waals surface area contributed by atoms with E-state index >= 15 is 0 Å². The van der Waals surface area contributed by atoms with Crippen LogP contribution in [0.5, 0.6) is 0 Å². The van der Waals surface area contributed by atoms with Crippen molar-refractivity contribution in [2.45, 2.75) is 33.2 Å². The minimum Gasteiger partial charge on any atom is -0.349 e. The van der Waals surface area contributed by atoms with Gasteiger partial charge in [0.15, 0.2) is 0 Å². The molecule has 0 aliphatic rings. The van der Waals surface area contributed by atoms with E-state index in [2.05, 4.69) is 39.1 Å². The first-order chi connectivity index (χ1) is 8.65. The van der Waals surface area contributed by atoms with Crippen molar-refractivity contribution in [1.29, 1.82) is 0 Å². The molecule has 5 nitrogen and oxygen atoms in total. The summed E-state index contributed by atoms with van der Waals surface area (Å²) in [5.41, 5.74) is 2.94. The first kappa shape index (κ1) is 12.4. The van der Waals surface area contributed by atoms with Crippen LogP contribution in [0.4, 0.5) is 5.95 Å². The molecule has 2 rings (SSSR count). The van der Waals surface area contributed by atoms with Gasteiger partial charge in [-0.15, -0.1) is 0 Å². The van der Waals surface area contributed by atoms with E-state index in [0.29, 0.717) is 18.4 Å². The van der Waals surface area contributed by atoms with Gasteiger partial charge >= 0.3 is 0 Å². The van der Waals surface area contributed by atoms with Crippen LogP contribution in [0.25, 0.3) is 0 Å². The molecule has 0 unspecified atom stereocenters. The minimum atomic E-state index is 0.395. The summed E-state index contributed by atoms with van der Waals surface area (Å²) in [6.07, 6.45) is 3.26. The van der Waals surface area contributed by atoms with Gasteiger partial charge in [0.2, 0.25) is 5.95 Å². The molecule has 0 saturated heterocycles. The summed E-state index contributed by atoms with van der Waals surface area (Å²) in [6.45, 7) is 6.82. The van der Waals surface area contributed by atoms with Crippen LogP contribution in [-0.2, 0) is 6.54 Å². The van der Waals surface area contributed by atoms with E-state index in [4.69, 9.17) is 0 Å². The highest BCUT2D eigenvalue weighted by molar-refractivity contribution is 5.29. The standard InChI is InChI=1S/C13H17N5/c1-9(2)12-6-10(3)17-13(18-12)15-7-11-4-5-14-8-16-11/h4-6,8-9H,7H2,1-3H3,(H,15,17,18). The number of anilines is 1. The number of hydrogen-bond acceptors (Lipinski definition) is 5. The van der Waals surface area contributed by atoms with E-state index in [1.165, 1.54) is 6.33 Å². The molecule has 2 aromatic rings. The number of rotatable bonds is 4. The number of hydrogen-bond donors (Lipinski definition) is 1. The topological polar surface area (TPSA) is 63.6 Å². The maximum absolute atomic E-state index is 4.48. The normalized spacial score (nSPS) is 10.7. The summed E-state index contributed by atoms with van der Waals surface area (Å²) in [4.78, 5) is 16.9. The van der Waals surface area contributed by atoms with Crippen molar-refractivity contribution >= 4 is 5.95 Å².